The number of carbonyl (C=O) groups excluding carboxylic acids is 1. The number of piperidine rings is 1. The van der Waals surface area contributed by atoms with Crippen LogP contribution in [0.3, 0.4) is 0 Å². The Labute approximate surface area is 148 Å². The minimum Gasteiger partial charge on any atom is -0.550 e. The number of nitrogens with zero attached hydrogens (tertiary/aromatic N) is 1. The van der Waals surface area contributed by atoms with E-state index in [1.807, 2.05) is 0 Å². The molecule has 0 saturated carbocycles. The van der Waals surface area contributed by atoms with E-state index in [0.717, 1.165) is 18.4 Å². The Hall–Kier alpha value is 1.33. The van der Waals surface area contributed by atoms with Crippen molar-refractivity contribution in [2.45, 2.75) is 37.8 Å². The van der Waals surface area contributed by atoms with E-state index in [0.29, 0.717) is 6.04 Å². The number of fused-ring (bicyclic) bond motifs is 2. The molecule has 2 radical (unpaired) electrons. The fourth-order valence-corrected chi connectivity index (χ4v) is 2.47. The average molecular weight is 604 g/mol. The van der Waals surface area contributed by atoms with Gasteiger partial charge in [0.1, 0.15) is 0 Å². The van der Waals surface area contributed by atoms with Gasteiger partial charge >= 0.3 is 0 Å². The molecule has 3 nitrogen and oxygen atoms in total. The second-order valence-electron chi connectivity index (χ2n) is 4.05. The van der Waals surface area contributed by atoms with Crippen LogP contribution in [0.4, 0.5) is 0 Å². The third kappa shape index (κ3) is 3.42. The summed E-state index contributed by atoms with van der Waals surface area (Å²) in [5, 5.41) is 0. The SMILES string of the molecule is COC(=O)C1=[C-]CC2CCCC1N2C.[Ra].[W]. The molecule has 0 aromatic heterocycles. The number of methoxy groups -OCH3 is 1. The van der Waals surface area contributed by atoms with Crippen LogP contribution in [0.1, 0.15) is 25.7 Å². The average Bonchev–Trinajstić information content (AvgIpc) is 2.17. The summed E-state index contributed by atoms with van der Waals surface area (Å²) in [5.74, 6) is -0.206. The van der Waals surface area contributed by atoms with Crippen LogP contribution < -0.4 is 0 Å². The number of hydrogen-bond acceptors (Lipinski definition) is 3. The normalized spacial score (nSPS) is 28.2. The Morgan fingerprint density at radius 3 is 2.81 bits per heavy atom. The minimum absolute atomic E-state index is 0. The summed E-state index contributed by atoms with van der Waals surface area (Å²) >= 11 is 0. The quantitative estimate of drug-likeness (QED) is 0.333. The summed E-state index contributed by atoms with van der Waals surface area (Å²) in [6.07, 6.45) is 7.58. The molecule has 86 valence electrons. The van der Waals surface area contributed by atoms with Gasteiger partial charge in [-0.1, -0.05) is 12.8 Å². The van der Waals surface area contributed by atoms with Crippen molar-refractivity contribution in [3.63, 3.8) is 0 Å². The van der Waals surface area contributed by atoms with E-state index in [2.05, 4.69) is 18.0 Å². The maximum absolute atomic E-state index is 11.5. The summed E-state index contributed by atoms with van der Waals surface area (Å²) in [5.41, 5.74) is 0.742. The third-order valence-electron chi connectivity index (χ3n) is 3.35. The van der Waals surface area contributed by atoms with Gasteiger partial charge in [0.2, 0.25) is 0 Å². The van der Waals surface area contributed by atoms with Crippen molar-refractivity contribution in [1.82, 2.24) is 4.90 Å². The number of carbonyl (C=O) groups is 1. The van der Waals surface area contributed by atoms with E-state index in [-0.39, 0.29) is 78.1 Å². The van der Waals surface area contributed by atoms with Crippen molar-refractivity contribution in [2.24, 2.45) is 0 Å². The van der Waals surface area contributed by atoms with Crippen LogP contribution in [-0.2, 0) is 30.6 Å². The number of rotatable bonds is 1. The van der Waals surface area contributed by atoms with Crippen LogP contribution in [0.25, 0.3) is 0 Å². The third-order valence-corrected chi connectivity index (χ3v) is 3.35. The molecular weight excluding hydrogens is 588 g/mol. The van der Waals surface area contributed by atoms with E-state index in [1.165, 1.54) is 20.0 Å². The summed E-state index contributed by atoms with van der Waals surface area (Å²) in [6, 6.07) is 0.831. The minimum atomic E-state index is -0.206. The van der Waals surface area contributed by atoms with Gasteiger partial charge in [0.05, 0.1) is 7.11 Å². The second kappa shape index (κ2) is 7.69. The molecule has 2 bridgehead atoms. The first-order chi connectivity index (χ1) is 6.74. The van der Waals surface area contributed by atoms with Gasteiger partial charge in [0, 0.05) is 72.1 Å². The Balaban J connectivity index is 0.00000112. The van der Waals surface area contributed by atoms with Gasteiger partial charge in [-0.25, -0.2) is 0 Å². The number of ether oxygens (including phenoxy) is 1. The largest absolute Gasteiger partial charge is 0.550 e. The molecule has 0 amide bonds. The zero-order chi connectivity index (χ0) is 10.1. The monoisotopic (exact) mass is 604 g/mol. The summed E-state index contributed by atoms with van der Waals surface area (Å²) < 4.78 is 4.76. The molecule has 2 aliphatic rings. The van der Waals surface area contributed by atoms with Gasteiger partial charge < -0.3 is 14.4 Å². The fourth-order valence-electron chi connectivity index (χ4n) is 2.47. The smallest absolute Gasteiger partial charge is 0.172 e. The molecule has 2 rings (SSSR count). The van der Waals surface area contributed by atoms with Crippen molar-refractivity contribution in [3.8, 4) is 0 Å². The van der Waals surface area contributed by atoms with E-state index in [9.17, 15) is 4.79 Å². The van der Waals surface area contributed by atoms with E-state index in [1.54, 1.807) is 0 Å². The molecule has 1 saturated heterocycles. The molecule has 2 atom stereocenters. The molecule has 16 heavy (non-hydrogen) atoms. The first kappa shape index (κ1) is 17.3. The molecule has 5 heteroatoms. The van der Waals surface area contributed by atoms with E-state index >= 15 is 0 Å². The summed E-state index contributed by atoms with van der Waals surface area (Å²) in [7, 11) is 3.53. The van der Waals surface area contributed by atoms with Crippen LogP contribution in [0, 0.1) is 51.1 Å². The number of likely N-dealkylation sites (N-methyl/N-ethyl adjacent to an activating group) is 1. The molecule has 2 heterocycles. The summed E-state index contributed by atoms with van der Waals surface area (Å²) in [4.78, 5) is 13.8. The maximum Gasteiger partial charge on any atom is 0.172 e. The van der Waals surface area contributed by atoms with Crippen molar-refractivity contribution in [3.05, 3.63) is 11.6 Å². The fraction of sp³-hybridized carbons (Fsp3) is 0.727. The van der Waals surface area contributed by atoms with Crippen LogP contribution >= 0.6 is 0 Å². The molecule has 2 unspecified atom stereocenters. The second-order valence-corrected chi connectivity index (χ2v) is 4.05. The molecule has 2 aliphatic heterocycles. The Morgan fingerprint density at radius 2 is 2.19 bits per heavy atom. The molecule has 0 aliphatic carbocycles. The molecule has 1 fully saturated rings. The summed E-state index contributed by atoms with van der Waals surface area (Å²) in [6.45, 7) is 0. The number of hydrogen-bond donors (Lipinski definition) is 0. The predicted octanol–water partition coefficient (Wildman–Crippen LogP) is 1.14. The first-order valence-corrected chi connectivity index (χ1v) is 5.15. The van der Waals surface area contributed by atoms with Crippen molar-refractivity contribution in [1.29, 1.82) is 0 Å². The zero-order valence-electron chi connectivity index (χ0n) is 9.86. The topological polar surface area (TPSA) is 29.5 Å². The van der Waals surface area contributed by atoms with Gasteiger partial charge in [-0.15, -0.1) is 5.57 Å². The standard InChI is InChI=1S/C11H16NO2.Ra.W/c1-12-8-4-3-5-10(12)9(7-6-8)11(13)14-2;;/h8,10H,3-6H2,1-2H3;;/q-1;;. The van der Waals surface area contributed by atoms with Crippen LogP contribution in [0.2, 0.25) is 0 Å². The Kier molecular flexibility index (Phi) is 8.33. The molecule has 0 aromatic carbocycles. The molecule has 0 spiro atoms. The molecule has 0 N–H and O–H groups in total. The Bertz CT molecular complexity index is 283. The maximum atomic E-state index is 11.5. The van der Waals surface area contributed by atoms with Gasteiger partial charge in [-0.3, -0.25) is 6.08 Å². The van der Waals surface area contributed by atoms with Gasteiger partial charge in [-0.2, -0.15) is 0 Å². The van der Waals surface area contributed by atoms with Crippen molar-refractivity contribution >= 4 is 5.97 Å². The first-order valence-electron chi connectivity index (χ1n) is 5.15. The van der Waals surface area contributed by atoms with E-state index in [4.69, 9.17) is 4.74 Å². The molecular formula is C11H16NO2RaW-. The van der Waals surface area contributed by atoms with Crippen molar-refractivity contribution < 1.29 is 75.6 Å². The molecule has 0 aromatic rings. The van der Waals surface area contributed by atoms with Gasteiger partial charge in [0.25, 0.3) is 0 Å². The van der Waals surface area contributed by atoms with Crippen LogP contribution in [0.5, 0.6) is 0 Å². The van der Waals surface area contributed by atoms with E-state index < -0.39 is 0 Å². The van der Waals surface area contributed by atoms with Crippen LogP contribution in [-0.4, -0.2) is 37.1 Å². The van der Waals surface area contributed by atoms with Crippen molar-refractivity contribution in [2.75, 3.05) is 14.2 Å². The zero-order valence-corrected chi connectivity index (χ0v) is 18.6. The Morgan fingerprint density at radius 1 is 1.50 bits per heavy atom. The van der Waals surface area contributed by atoms with Gasteiger partial charge in [-0.05, 0) is 25.9 Å². The van der Waals surface area contributed by atoms with Gasteiger partial charge in [0.15, 0.2) is 5.97 Å². The van der Waals surface area contributed by atoms with Crippen LogP contribution in [0.15, 0.2) is 5.57 Å². The predicted molar refractivity (Wildman–Crippen MR) is 52.6 cm³/mol. The number of esters is 1.